The summed E-state index contributed by atoms with van der Waals surface area (Å²) in [5.74, 6) is -0.572. The number of halogens is 4. The molecule has 0 fully saturated rings. The molecule has 0 spiro atoms. The van der Waals surface area contributed by atoms with Crippen LogP contribution in [-0.4, -0.2) is 33.0 Å². The lowest BCUT2D eigenvalue weighted by molar-refractivity contribution is -0.138. The van der Waals surface area contributed by atoms with Crippen LogP contribution in [0.2, 0.25) is 0 Å². The summed E-state index contributed by atoms with van der Waals surface area (Å²) >= 11 is 0. The number of alkyl halides is 4. The summed E-state index contributed by atoms with van der Waals surface area (Å²) in [4.78, 5) is 31.1. The Balaban J connectivity index is 1.66. The van der Waals surface area contributed by atoms with Crippen LogP contribution in [0.1, 0.15) is 50.5 Å². The highest BCUT2D eigenvalue weighted by Crippen LogP contribution is 2.36. The first kappa shape index (κ1) is 22.4. The number of pyridine rings is 1. The van der Waals surface area contributed by atoms with E-state index in [0.29, 0.717) is 11.1 Å². The molecule has 2 aromatic heterocycles. The molecule has 0 bridgehead atoms. The molecule has 0 saturated carbocycles. The van der Waals surface area contributed by atoms with Crippen molar-refractivity contribution in [2.75, 3.05) is 17.2 Å². The Morgan fingerprint density at radius 1 is 1.18 bits per heavy atom. The molecular formula is C22H19F4N5O2. The van der Waals surface area contributed by atoms with Crippen molar-refractivity contribution >= 4 is 23.2 Å². The molecule has 1 aromatic carbocycles. The van der Waals surface area contributed by atoms with E-state index in [9.17, 15) is 27.2 Å². The molecule has 7 nitrogen and oxygen atoms in total. The minimum absolute atomic E-state index is 0.125. The summed E-state index contributed by atoms with van der Waals surface area (Å²) in [5, 5.41) is 4.23. The van der Waals surface area contributed by atoms with Crippen LogP contribution in [0.4, 0.5) is 29.1 Å². The predicted molar refractivity (Wildman–Crippen MR) is 112 cm³/mol. The van der Waals surface area contributed by atoms with Crippen molar-refractivity contribution in [3.05, 3.63) is 70.7 Å². The number of ketones is 1. The molecule has 0 saturated heterocycles. The van der Waals surface area contributed by atoms with Gasteiger partial charge < -0.3 is 10.6 Å². The molecule has 4 rings (SSSR count). The summed E-state index contributed by atoms with van der Waals surface area (Å²) in [6, 6.07) is 5.64. The van der Waals surface area contributed by atoms with Gasteiger partial charge in [0.2, 0.25) is 0 Å². The van der Waals surface area contributed by atoms with Crippen molar-refractivity contribution in [1.29, 1.82) is 0 Å². The molecule has 0 aliphatic carbocycles. The van der Waals surface area contributed by atoms with Crippen molar-refractivity contribution < 1.29 is 27.2 Å². The zero-order valence-corrected chi connectivity index (χ0v) is 17.4. The molecule has 33 heavy (non-hydrogen) atoms. The predicted octanol–water partition coefficient (Wildman–Crippen LogP) is 4.00. The van der Waals surface area contributed by atoms with Gasteiger partial charge in [-0.05, 0) is 42.8 Å². The quantitative estimate of drug-likeness (QED) is 0.458. The van der Waals surface area contributed by atoms with Gasteiger partial charge in [0.25, 0.3) is 5.91 Å². The maximum atomic E-state index is 13.4. The number of hydrogen-bond donors (Lipinski definition) is 1. The van der Waals surface area contributed by atoms with Crippen molar-refractivity contribution in [1.82, 2.24) is 14.8 Å². The number of carbonyl (C=O) groups excluding carboxylic acids is 2. The zero-order chi connectivity index (χ0) is 23.9. The normalized spacial score (nSPS) is 16.1. The van der Waals surface area contributed by atoms with Crippen molar-refractivity contribution in [2.45, 2.75) is 32.2 Å². The van der Waals surface area contributed by atoms with Crippen LogP contribution in [0.3, 0.4) is 0 Å². The van der Waals surface area contributed by atoms with Gasteiger partial charge in [-0.15, -0.1) is 0 Å². The van der Waals surface area contributed by atoms with Crippen LogP contribution in [0.25, 0.3) is 0 Å². The third kappa shape index (κ3) is 4.18. The number of nitrogens with zero attached hydrogens (tertiary/aromatic N) is 4. The molecule has 0 unspecified atom stereocenters. The molecule has 1 aliphatic rings. The number of carbonyl (C=O) groups is 2. The monoisotopic (exact) mass is 461 g/mol. The van der Waals surface area contributed by atoms with Gasteiger partial charge in [0.15, 0.2) is 5.78 Å². The Morgan fingerprint density at radius 3 is 2.58 bits per heavy atom. The Labute approximate surface area is 185 Å². The molecule has 1 atom stereocenters. The minimum atomic E-state index is -4.71. The van der Waals surface area contributed by atoms with E-state index in [2.05, 4.69) is 10.1 Å². The number of rotatable bonds is 5. The van der Waals surface area contributed by atoms with Crippen LogP contribution in [0.15, 0.2) is 42.7 Å². The summed E-state index contributed by atoms with van der Waals surface area (Å²) < 4.78 is 54.3. The van der Waals surface area contributed by atoms with Crippen LogP contribution in [-0.2, 0) is 19.3 Å². The van der Waals surface area contributed by atoms with E-state index >= 15 is 0 Å². The standard InChI is InChI=1S/C22H19F4N5O2/c1-12-11-30(16-3-4-17(22(24,25)26)14(6-16)8-23)21(33)20-15(10-29-31(12)20)7-18(32)13-2-5-19(27)28-9-13/h2-6,9-10,12H,7-8,11H2,1H3,(H2,27,28)/t12-/m0/s1. The van der Waals surface area contributed by atoms with Crippen molar-refractivity contribution in [2.24, 2.45) is 0 Å². The molecule has 172 valence electrons. The Bertz CT molecular complexity index is 1220. The van der Waals surface area contributed by atoms with Crippen LogP contribution < -0.4 is 10.6 Å². The van der Waals surface area contributed by atoms with Gasteiger partial charge in [-0.2, -0.15) is 18.3 Å². The fourth-order valence-electron chi connectivity index (χ4n) is 3.85. The number of benzene rings is 1. The summed E-state index contributed by atoms with van der Waals surface area (Å²) in [7, 11) is 0. The van der Waals surface area contributed by atoms with Gasteiger partial charge in [0.05, 0.1) is 17.8 Å². The average Bonchev–Trinajstić information content (AvgIpc) is 3.20. The lowest BCUT2D eigenvalue weighted by Crippen LogP contribution is -2.43. The molecule has 1 amide bonds. The topological polar surface area (TPSA) is 94.1 Å². The minimum Gasteiger partial charge on any atom is -0.384 e. The second-order valence-electron chi connectivity index (χ2n) is 7.77. The van der Waals surface area contributed by atoms with E-state index in [1.54, 1.807) is 6.92 Å². The SMILES string of the molecule is C[C@H]1CN(c2ccc(C(F)(F)F)c(CF)c2)C(=O)c2c(CC(=O)c3ccc(N)nc3)cnn21. The highest BCUT2D eigenvalue weighted by molar-refractivity contribution is 6.08. The number of nitrogen functional groups attached to an aromatic ring is 1. The van der Waals surface area contributed by atoms with Crippen LogP contribution in [0.5, 0.6) is 0 Å². The number of fused-ring (bicyclic) bond motifs is 1. The third-order valence-electron chi connectivity index (χ3n) is 5.49. The first-order valence-electron chi connectivity index (χ1n) is 9.99. The van der Waals surface area contributed by atoms with E-state index in [1.807, 2.05) is 0 Å². The molecule has 3 aromatic rings. The van der Waals surface area contributed by atoms with Gasteiger partial charge in [0.1, 0.15) is 18.2 Å². The summed E-state index contributed by atoms with van der Waals surface area (Å²) in [6.45, 7) is 0.582. The van der Waals surface area contributed by atoms with E-state index in [4.69, 9.17) is 5.73 Å². The van der Waals surface area contributed by atoms with Crippen LogP contribution in [0, 0.1) is 0 Å². The largest absolute Gasteiger partial charge is 0.416 e. The Hall–Kier alpha value is -3.76. The highest BCUT2D eigenvalue weighted by Gasteiger charge is 2.36. The van der Waals surface area contributed by atoms with Crippen molar-refractivity contribution in [3.63, 3.8) is 0 Å². The lowest BCUT2D eigenvalue weighted by atomic mass is 10.0. The van der Waals surface area contributed by atoms with Gasteiger partial charge in [-0.25, -0.2) is 9.37 Å². The molecule has 2 N–H and O–H groups in total. The smallest absolute Gasteiger partial charge is 0.384 e. The second-order valence-corrected chi connectivity index (χ2v) is 7.77. The number of hydrogen-bond acceptors (Lipinski definition) is 5. The fourth-order valence-corrected chi connectivity index (χ4v) is 3.85. The molecule has 3 heterocycles. The molecule has 0 radical (unpaired) electrons. The maximum absolute atomic E-state index is 13.4. The summed E-state index contributed by atoms with van der Waals surface area (Å²) in [5.41, 5.74) is 4.89. The first-order valence-corrected chi connectivity index (χ1v) is 9.99. The van der Waals surface area contributed by atoms with Gasteiger partial charge in [-0.1, -0.05) is 0 Å². The highest BCUT2D eigenvalue weighted by atomic mass is 19.4. The number of aromatic nitrogens is 3. The van der Waals surface area contributed by atoms with E-state index in [0.717, 1.165) is 18.2 Å². The van der Waals surface area contributed by atoms with E-state index in [1.165, 1.54) is 34.1 Å². The Kier molecular flexibility index (Phi) is 5.64. The van der Waals surface area contributed by atoms with Gasteiger partial charge in [-0.3, -0.25) is 14.3 Å². The van der Waals surface area contributed by atoms with Crippen LogP contribution >= 0.6 is 0 Å². The Morgan fingerprint density at radius 2 is 1.94 bits per heavy atom. The fraction of sp³-hybridized carbons (Fsp3) is 0.273. The zero-order valence-electron chi connectivity index (χ0n) is 17.4. The number of Topliss-reactive ketones (excluding diaryl/α,β-unsaturated/α-hetero) is 1. The second kappa shape index (κ2) is 8.30. The first-order chi connectivity index (χ1) is 15.6. The van der Waals surface area contributed by atoms with E-state index in [-0.39, 0.29) is 42.0 Å². The molecular weight excluding hydrogens is 442 g/mol. The maximum Gasteiger partial charge on any atom is 0.416 e. The molecule has 1 aliphatic heterocycles. The number of nitrogens with two attached hydrogens (primary N) is 1. The van der Waals surface area contributed by atoms with Gasteiger partial charge in [0, 0.05) is 36.0 Å². The van der Waals surface area contributed by atoms with Gasteiger partial charge >= 0.3 is 6.18 Å². The van der Waals surface area contributed by atoms with Crippen molar-refractivity contribution in [3.8, 4) is 0 Å². The number of amides is 1. The lowest BCUT2D eigenvalue weighted by Gasteiger charge is -2.33. The summed E-state index contributed by atoms with van der Waals surface area (Å²) in [6.07, 6.45) is -2.07. The third-order valence-corrected chi connectivity index (χ3v) is 5.49. The van der Waals surface area contributed by atoms with E-state index < -0.39 is 29.9 Å². The average molecular weight is 461 g/mol. The molecule has 11 heteroatoms. The number of anilines is 2.